The Morgan fingerprint density at radius 1 is 0.878 bits per heavy atom. The van der Waals surface area contributed by atoms with Gasteiger partial charge in [-0.3, -0.25) is 9.59 Å². The molecule has 1 atom stereocenters. The Labute approximate surface area is 242 Å². The van der Waals surface area contributed by atoms with Crippen molar-refractivity contribution >= 4 is 17.9 Å². The molecular weight excluding hydrogens is 516 g/mol. The normalized spacial score (nSPS) is 16.2. The van der Waals surface area contributed by atoms with E-state index in [1.165, 1.54) is 4.90 Å². The molecule has 4 rings (SSSR count). The van der Waals surface area contributed by atoms with Gasteiger partial charge in [-0.05, 0) is 62.4 Å². The number of rotatable bonds is 10. The number of likely N-dealkylation sites (tertiary alicyclic amines) is 1. The summed E-state index contributed by atoms with van der Waals surface area (Å²) in [5.74, 6) is -0.0934. The van der Waals surface area contributed by atoms with Crippen LogP contribution in [-0.2, 0) is 20.7 Å². The molecule has 41 heavy (non-hydrogen) atoms. The lowest BCUT2D eigenvalue weighted by atomic mass is 9.72. The first kappa shape index (κ1) is 29.8. The molecule has 0 spiro atoms. The maximum atomic E-state index is 13.5. The lowest BCUT2D eigenvalue weighted by Crippen LogP contribution is -2.73. The molecule has 0 radical (unpaired) electrons. The monoisotopic (exact) mass is 556 g/mol. The van der Waals surface area contributed by atoms with E-state index >= 15 is 0 Å². The number of hydrogen-bond acceptors (Lipinski definition) is 5. The Morgan fingerprint density at radius 3 is 1.90 bits per heavy atom. The van der Waals surface area contributed by atoms with Crippen molar-refractivity contribution in [1.29, 1.82) is 0 Å². The van der Waals surface area contributed by atoms with Gasteiger partial charge in [0.15, 0.2) is 6.23 Å². The van der Waals surface area contributed by atoms with Gasteiger partial charge in [-0.1, -0.05) is 86.6 Å². The third-order valence-corrected chi connectivity index (χ3v) is 7.63. The van der Waals surface area contributed by atoms with Crippen molar-refractivity contribution in [2.24, 2.45) is 5.41 Å². The molecule has 1 aliphatic heterocycles. The molecule has 0 saturated carbocycles. The fourth-order valence-electron chi connectivity index (χ4n) is 5.33. The average molecular weight is 557 g/mol. The molecule has 0 aromatic heterocycles. The van der Waals surface area contributed by atoms with E-state index in [1.54, 1.807) is 24.3 Å². The van der Waals surface area contributed by atoms with Crippen LogP contribution in [0.1, 0.15) is 70.1 Å². The van der Waals surface area contributed by atoms with Crippen molar-refractivity contribution in [2.75, 3.05) is 6.54 Å². The fraction of sp³-hybridized carbons (Fsp3) is 0.382. The van der Waals surface area contributed by atoms with Crippen LogP contribution in [-0.4, -0.2) is 41.2 Å². The number of ether oxygens (including phenoxy) is 2. The number of hydrogen-bond donors (Lipinski definition) is 1. The molecule has 1 fully saturated rings. The molecule has 1 aliphatic rings. The lowest BCUT2D eigenvalue weighted by molar-refractivity contribution is -0.190. The summed E-state index contributed by atoms with van der Waals surface area (Å²) in [6, 6.07) is 26.6. The average Bonchev–Trinajstić information content (AvgIpc) is 2.95. The standard InChI is InChI=1S/C34H40N2O5/c1-6-34(7-2)30(38)36(31(34)40-27-20-18-24(19-21-27)22-29(37)41-33(3,4)5)32(39)35-23-28(25-14-10-8-11-15-25)26-16-12-9-13-17-26/h8-21,28,31H,6-7,22-23H2,1-5H3,(H,35,39). The lowest BCUT2D eigenvalue weighted by Gasteiger charge is -2.53. The van der Waals surface area contributed by atoms with Gasteiger partial charge in [0, 0.05) is 12.5 Å². The number of benzene rings is 3. The van der Waals surface area contributed by atoms with Crippen molar-refractivity contribution in [1.82, 2.24) is 10.2 Å². The first-order chi connectivity index (χ1) is 19.6. The minimum Gasteiger partial charge on any atom is -0.469 e. The quantitative estimate of drug-likeness (QED) is 0.229. The van der Waals surface area contributed by atoms with Crippen LogP contribution in [0.2, 0.25) is 0 Å². The van der Waals surface area contributed by atoms with E-state index < -0.39 is 23.3 Å². The zero-order valence-electron chi connectivity index (χ0n) is 24.6. The van der Waals surface area contributed by atoms with Crippen LogP contribution in [0.4, 0.5) is 4.79 Å². The molecule has 0 bridgehead atoms. The van der Waals surface area contributed by atoms with Gasteiger partial charge in [0.25, 0.3) is 0 Å². The number of esters is 1. The van der Waals surface area contributed by atoms with Gasteiger partial charge in [-0.25, -0.2) is 9.69 Å². The second kappa shape index (κ2) is 12.6. The number of β-lactam (4-membered cyclic amide) rings is 1. The van der Waals surface area contributed by atoms with Crippen LogP contribution in [0, 0.1) is 5.41 Å². The zero-order chi connectivity index (χ0) is 29.6. The number of urea groups is 1. The molecule has 7 heteroatoms. The van der Waals surface area contributed by atoms with Gasteiger partial charge in [0.05, 0.1) is 6.42 Å². The van der Waals surface area contributed by atoms with E-state index in [9.17, 15) is 14.4 Å². The second-order valence-electron chi connectivity index (χ2n) is 11.5. The summed E-state index contributed by atoms with van der Waals surface area (Å²) in [6.07, 6.45) is 0.494. The predicted molar refractivity (Wildman–Crippen MR) is 158 cm³/mol. The Hall–Kier alpha value is -4.13. The molecule has 1 heterocycles. The predicted octanol–water partition coefficient (Wildman–Crippen LogP) is 6.47. The van der Waals surface area contributed by atoms with E-state index in [-0.39, 0.29) is 24.2 Å². The Kier molecular flexibility index (Phi) is 9.16. The van der Waals surface area contributed by atoms with Crippen LogP contribution in [0.25, 0.3) is 0 Å². The summed E-state index contributed by atoms with van der Waals surface area (Å²) >= 11 is 0. The fourth-order valence-corrected chi connectivity index (χ4v) is 5.33. The summed E-state index contributed by atoms with van der Waals surface area (Å²) in [4.78, 5) is 40.3. The van der Waals surface area contributed by atoms with E-state index in [4.69, 9.17) is 9.47 Å². The molecule has 3 amide bonds. The van der Waals surface area contributed by atoms with Gasteiger partial charge in [-0.2, -0.15) is 0 Å². The van der Waals surface area contributed by atoms with Gasteiger partial charge in [0.1, 0.15) is 16.8 Å². The number of nitrogens with zero attached hydrogens (tertiary/aromatic N) is 1. The summed E-state index contributed by atoms with van der Waals surface area (Å²) in [5.41, 5.74) is 1.60. The van der Waals surface area contributed by atoms with Gasteiger partial charge in [-0.15, -0.1) is 0 Å². The first-order valence-corrected chi connectivity index (χ1v) is 14.3. The third kappa shape index (κ3) is 6.79. The maximum absolute atomic E-state index is 13.5. The summed E-state index contributed by atoms with van der Waals surface area (Å²) in [7, 11) is 0. The van der Waals surface area contributed by atoms with E-state index in [0.29, 0.717) is 25.1 Å². The van der Waals surface area contributed by atoms with Crippen molar-refractivity contribution < 1.29 is 23.9 Å². The van der Waals surface area contributed by atoms with Crippen molar-refractivity contribution in [3.8, 4) is 5.75 Å². The largest absolute Gasteiger partial charge is 0.469 e. The molecule has 1 saturated heterocycles. The number of nitrogens with one attached hydrogen (secondary N) is 1. The van der Waals surface area contributed by atoms with Crippen molar-refractivity contribution in [3.05, 3.63) is 102 Å². The zero-order valence-corrected chi connectivity index (χ0v) is 24.6. The second-order valence-corrected chi connectivity index (χ2v) is 11.5. The topological polar surface area (TPSA) is 84.9 Å². The summed E-state index contributed by atoms with van der Waals surface area (Å²) in [5, 5.41) is 3.00. The smallest absolute Gasteiger partial charge is 0.327 e. The highest BCUT2D eigenvalue weighted by atomic mass is 16.6. The number of imide groups is 1. The Morgan fingerprint density at radius 2 is 1.41 bits per heavy atom. The third-order valence-electron chi connectivity index (χ3n) is 7.63. The minimum absolute atomic E-state index is 0.0725. The van der Waals surface area contributed by atoms with Crippen molar-refractivity contribution in [2.45, 2.75) is 71.6 Å². The van der Waals surface area contributed by atoms with Crippen LogP contribution in [0.3, 0.4) is 0 Å². The number of amides is 3. The molecule has 1 N–H and O–H groups in total. The molecule has 1 unspecified atom stereocenters. The Bertz CT molecular complexity index is 1290. The Balaban J connectivity index is 1.48. The van der Waals surface area contributed by atoms with Gasteiger partial charge in [0.2, 0.25) is 5.91 Å². The summed E-state index contributed by atoms with van der Waals surface area (Å²) < 4.78 is 11.7. The molecule has 3 aromatic carbocycles. The van der Waals surface area contributed by atoms with Crippen LogP contribution >= 0.6 is 0 Å². The van der Waals surface area contributed by atoms with E-state index in [1.807, 2.05) is 95.3 Å². The van der Waals surface area contributed by atoms with E-state index in [0.717, 1.165) is 16.7 Å². The maximum Gasteiger partial charge on any atom is 0.327 e. The first-order valence-electron chi connectivity index (χ1n) is 14.3. The molecule has 3 aromatic rings. The SMILES string of the molecule is CCC1(CC)C(=O)N(C(=O)NCC(c2ccccc2)c2ccccc2)C1Oc1ccc(CC(=O)OC(C)(C)C)cc1. The molecule has 7 nitrogen and oxygen atoms in total. The van der Waals surface area contributed by atoms with Crippen molar-refractivity contribution in [3.63, 3.8) is 0 Å². The molecular formula is C34H40N2O5. The van der Waals surface area contributed by atoms with Crippen LogP contribution in [0.5, 0.6) is 5.75 Å². The molecule has 0 aliphatic carbocycles. The highest BCUT2D eigenvalue weighted by molar-refractivity contribution is 6.03. The van der Waals surface area contributed by atoms with Crippen LogP contribution in [0.15, 0.2) is 84.9 Å². The van der Waals surface area contributed by atoms with E-state index in [2.05, 4.69) is 5.32 Å². The van der Waals surface area contributed by atoms with Gasteiger partial charge >= 0.3 is 12.0 Å². The number of carbonyl (C=O) groups is 3. The summed E-state index contributed by atoms with van der Waals surface area (Å²) in [6.45, 7) is 9.71. The van der Waals surface area contributed by atoms with Gasteiger partial charge < -0.3 is 14.8 Å². The minimum atomic E-state index is -0.787. The highest BCUT2D eigenvalue weighted by Gasteiger charge is 2.62. The molecule has 216 valence electrons. The van der Waals surface area contributed by atoms with Crippen LogP contribution < -0.4 is 10.1 Å². The highest BCUT2D eigenvalue weighted by Crippen LogP contribution is 2.46. The number of carbonyl (C=O) groups excluding carboxylic acids is 3.